The van der Waals surface area contributed by atoms with Gasteiger partial charge in [-0.05, 0) is 19.8 Å². The van der Waals surface area contributed by atoms with Crippen LogP contribution in [-0.4, -0.2) is 44.6 Å². The molecule has 5 heteroatoms. The third kappa shape index (κ3) is 2.36. The Morgan fingerprint density at radius 3 is 2.81 bits per heavy atom. The van der Waals surface area contributed by atoms with Gasteiger partial charge in [0.2, 0.25) is 0 Å². The van der Waals surface area contributed by atoms with Crippen LogP contribution in [0.1, 0.15) is 30.1 Å². The highest BCUT2D eigenvalue weighted by atomic mass is 16.3. The monoisotopic (exact) mass is 221 g/mol. The number of amides is 1. The number of β-amino-alcohol motifs (C(OH)–C–C–N with tert-alkyl or cyclic N) is 1. The largest absolute Gasteiger partial charge is 0.388 e. The number of rotatable bonds is 1. The van der Waals surface area contributed by atoms with Crippen molar-refractivity contribution in [2.45, 2.75) is 25.4 Å². The first-order valence-corrected chi connectivity index (χ1v) is 5.35. The Morgan fingerprint density at radius 2 is 2.19 bits per heavy atom. The molecule has 1 aliphatic heterocycles. The maximum absolute atomic E-state index is 12.0. The highest BCUT2D eigenvalue weighted by molar-refractivity contribution is 5.93. The van der Waals surface area contributed by atoms with Gasteiger partial charge in [-0.25, -0.2) is 9.97 Å². The molecular weight excluding hydrogens is 206 g/mol. The van der Waals surface area contributed by atoms with Crippen molar-refractivity contribution in [3.05, 3.63) is 24.3 Å². The molecule has 2 rings (SSSR count). The first-order valence-electron chi connectivity index (χ1n) is 5.35. The molecule has 0 radical (unpaired) electrons. The fourth-order valence-corrected chi connectivity index (χ4v) is 1.99. The Bertz CT molecular complexity index is 378. The second-order valence-electron chi connectivity index (χ2n) is 4.45. The molecule has 1 fully saturated rings. The second-order valence-corrected chi connectivity index (χ2v) is 4.45. The number of nitrogens with zero attached hydrogens (tertiary/aromatic N) is 3. The smallest absolute Gasteiger partial charge is 0.257 e. The van der Waals surface area contributed by atoms with E-state index in [1.165, 1.54) is 18.7 Å². The molecule has 1 amide bonds. The Morgan fingerprint density at radius 1 is 1.50 bits per heavy atom. The maximum atomic E-state index is 12.0. The standard InChI is InChI=1S/C11H15N3O2/c1-11(16)3-2-4-14(7-11)10(15)9-5-12-8-13-6-9/h5-6,8,16H,2-4,7H2,1H3. The number of hydrogen-bond donors (Lipinski definition) is 1. The van der Waals surface area contributed by atoms with Crippen molar-refractivity contribution in [3.63, 3.8) is 0 Å². The van der Waals surface area contributed by atoms with Gasteiger partial charge in [-0.1, -0.05) is 0 Å². The Balaban J connectivity index is 2.11. The number of carbonyl (C=O) groups is 1. The van der Waals surface area contributed by atoms with E-state index in [1.807, 2.05) is 0 Å². The zero-order valence-corrected chi connectivity index (χ0v) is 9.26. The van der Waals surface area contributed by atoms with Crippen LogP contribution in [0, 0.1) is 0 Å². The average molecular weight is 221 g/mol. The summed E-state index contributed by atoms with van der Waals surface area (Å²) in [5.41, 5.74) is -0.302. The first kappa shape index (κ1) is 11.0. The van der Waals surface area contributed by atoms with Gasteiger partial charge in [-0.2, -0.15) is 0 Å². The van der Waals surface area contributed by atoms with Crippen LogP contribution in [0.2, 0.25) is 0 Å². The molecule has 86 valence electrons. The topological polar surface area (TPSA) is 66.3 Å². The lowest BCUT2D eigenvalue weighted by atomic mass is 9.95. The Labute approximate surface area is 94.1 Å². The molecule has 0 saturated carbocycles. The molecule has 0 aromatic carbocycles. The molecule has 1 aliphatic rings. The highest BCUT2D eigenvalue weighted by Crippen LogP contribution is 2.21. The van der Waals surface area contributed by atoms with E-state index >= 15 is 0 Å². The van der Waals surface area contributed by atoms with Gasteiger partial charge >= 0.3 is 0 Å². The average Bonchev–Trinajstić information content (AvgIpc) is 2.28. The van der Waals surface area contributed by atoms with Gasteiger partial charge in [0.1, 0.15) is 6.33 Å². The van der Waals surface area contributed by atoms with E-state index in [9.17, 15) is 9.90 Å². The number of likely N-dealkylation sites (tertiary alicyclic amines) is 1. The van der Waals surface area contributed by atoms with Crippen LogP contribution >= 0.6 is 0 Å². The van der Waals surface area contributed by atoms with E-state index in [4.69, 9.17) is 0 Å². The molecule has 1 N–H and O–H groups in total. The summed E-state index contributed by atoms with van der Waals surface area (Å²) in [6.07, 6.45) is 5.95. The molecule has 2 heterocycles. The normalized spacial score (nSPS) is 25.5. The summed E-state index contributed by atoms with van der Waals surface area (Å²) < 4.78 is 0. The summed E-state index contributed by atoms with van der Waals surface area (Å²) in [5.74, 6) is -0.111. The Kier molecular flexibility index (Phi) is 2.87. The molecule has 1 aromatic heterocycles. The van der Waals surface area contributed by atoms with Crippen LogP contribution in [0.5, 0.6) is 0 Å². The molecule has 5 nitrogen and oxygen atoms in total. The van der Waals surface area contributed by atoms with Gasteiger partial charge in [0, 0.05) is 25.5 Å². The van der Waals surface area contributed by atoms with Gasteiger partial charge in [-0.3, -0.25) is 4.79 Å². The van der Waals surface area contributed by atoms with Gasteiger partial charge in [0.15, 0.2) is 0 Å². The number of hydrogen-bond acceptors (Lipinski definition) is 4. The summed E-state index contributed by atoms with van der Waals surface area (Å²) in [6, 6.07) is 0. The predicted octanol–water partition coefficient (Wildman–Crippen LogP) is 0.464. The minimum Gasteiger partial charge on any atom is -0.388 e. The molecule has 1 atom stereocenters. The number of carbonyl (C=O) groups excluding carboxylic acids is 1. The van der Waals surface area contributed by atoms with E-state index < -0.39 is 5.60 Å². The van der Waals surface area contributed by atoms with Crippen molar-refractivity contribution in [3.8, 4) is 0 Å². The lowest BCUT2D eigenvalue weighted by Crippen LogP contribution is -2.48. The molecular formula is C11H15N3O2. The number of aliphatic hydroxyl groups is 1. The summed E-state index contributed by atoms with van der Waals surface area (Å²) >= 11 is 0. The van der Waals surface area contributed by atoms with Crippen LogP contribution in [-0.2, 0) is 0 Å². The molecule has 1 unspecified atom stereocenters. The van der Waals surface area contributed by atoms with Gasteiger partial charge < -0.3 is 10.0 Å². The fourth-order valence-electron chi connectivity index (χ4n) is 1.99. The molecule has 0 aliphatic carbocycles. The number of aromatic nitrogens is 2. The van der Waals surface area contributed by atoms with E-state index in [0.29, 0.717) is 18.7 Å². The van der Waals surface area contributed by atoms with Crippen LogP contribution in [0.25, 0.3) is 0 Å². The van der Waals surface area contributed by atoms with Crippen LogP contribution in [0.3, 0.4) is 0 Å². The van der Waals surface area contributed by atoms with Crippen molar-refractivity contribution in [2.24, 2.45) is 0 Å². The maximum Gasteiger partial charge on any atom is 0.257 e. The quantitative estimate of drug-likeness (QED) is 0.748. The molecule has 0 bridgehead atoms. The minimum absolute atomic E-state index is 0.111. The minimum atomic E-state index is -0.774. The zero-order chi connectivity index (χ0) is 11.6. The molecule has 0 spiro atoms. The van der Waals surface area contributed by atoms with E-state index in [2.05, 4.69) is 9.97 Å². The third-order valence-electron chi connectivity index (χ3n) is 2.77. The van der Waals surface area contributed by atoms with Crippen molar-refractivity contribution >= 4 is 5.91 Å². The van der Waals surface area contributed by atoms with Crippen LogP contribution in [0.4, 0.5) is 0 Å². The lowest BCUT2D eigenvalue weighted by molar-refractivity contribution is -0.0107. The van der Waals surface area contributed by atoms with Crippen molar-refractivity contribution in [1.29, 1.82) is 0 Å². The molecule has 1 aromatic rings. The van der Waals surface area contributed by atoms with Crippen LogP contribution < -0.4 is 0 Å². The van der Waals surface area contributed by atoms with Crippen molar-refractivity contribution in [1.82, 2.24) is 14.9 Å². The SMILES string of the molecule is CC1(O)CCCN(C(=O)c2cncnc2)C1. The number of piperidine rings is 1. The summed E-state index contributed by atoms with van der Waals surface area (Å²) in [7, 11) is 0. The third-order valence-corrected chi connectivity index (χ3v) is 2.77. The van der Waals surface area contributed by atoms with Crippen molar-refractivity contribution in [2.75, 3.05) is 13.1 Å². The fraction of sp³-hybridized carbons (Fsp3) is 0.545. The van der Waals surface area contributed by atoms with Crippen LogP contribution in [0.15, 0.2) is 18.7 Å². The predicted molar refractivity (Wildman–Crippen MR) is 57.8 cm³/mol. The van der Waals surface area contributed by atoms with E-state index in [1.54, 1.807) is 11.8 Å². The summed E-state index contributed by atoms with van der Waals surface area (Å²) in [6.45, 7) is 2.82. The molecule has 16 heavy (non-hydrogen) atoms. The Hall–Kier alpha value is -1.49. The molecule has 1 saturated heterocycles. The van der Waals surface area contributed by atoms with Crippen molar-refractivity contribution < 1.29 is 9.90 Å². The van der Waals surface area contributed by atoms with E-state index in [-0.39, 0.29) is 5.91 Å². The highest BCUT2D eigenvalue weighted by Gasteiger charge is 2.31. The van der Waals surface area contributed by atoms with E-state index in [0.717, 1.165) is 12.8 Å². The summed E-state index contributed by atoms with van der Waals surface area (Å²) in [5, 5.41) is 9.92. The second kappa shape index (κ2) is 4.17. The summed E-state index contributed by atoms with van der Waals surface area (Å²) in [4.78, 5) is 21.3. The lowest BCUT2D eigenvalue weighted by Gasteiger charge is -2.36. The first-order chi connectivity index (χ1) is 7.58. The van der Waals surface area contributed by atoms with Gasteiger partial charge in [0.05, 0.1) is 11.2 Å². The van der Waals surface area contributed by atoms with Gasteiger partial charge in [0.25, 0.3) is 5.91 Å². The van der Waals surface area contributed by atoms with Gasteiger partial charge in [-0.15, -0.1) is 0 Å². The zero-order valence-electron chi connectivity index (χ0n) is 9.26.